The molecule has 1 unspecified atom stereocenters. The number of methoxy groups -OCH3 is 1. The van der Waals surface area contributed by atoms with Crippen molar-refractivity contribution in [3.05, 3.63) is 40.2 Å². The average molecular weight is 345 g/mol. The number of aryl methyl sites for hydroxylation is 2. The highest BCUT2D eigenvalue weighted by Crippen LogP contribution is 2.40. The van der Waals surface area contributed by atoms with Gasteiger partial charge >= 0.3 is 0 Å². The molecule has 1 aliphatic carbocycles. The van der Waals surface area contributed by atoms with Crippen molar-refractivity contribution < 1.29 is 19.5 Å². The molecular formula is C20H27NO4. The standard InChI is InChI=1S/C20H27NO4/c1-6-15(21-25-7-2)20-16(22)10-14(11-17(20)23)19-13(4)8-12(3)9-18(19)24-5/h8-9,14,22H,6-7,10-11H2,1-5H3. The third kappa shape index (κ3) is 4.03. The Hall–Kier alpha value is -2.30. The number of hydrogen-bond donors (Lipinski definition) is 1. The van der Waals surface area contributed by atoms with Crippen LogP contribution in [0.15, 0.2) is 28.6 Å². The summed E-state index contributed by atoms with van der Waals surface area (Å²) in [6.45, 7) is 8.17. The zero-order valence-corrected chi connectivity index (χ0v) is 15.7. The van der Waals surface area contributed by atoms with E-state index in [0.29, 0.717) is 37.2 Å². The van der Waals surface area contributed by atoms with Gasteiger partial charge in [0, 0.05) is 24.3 Å². The molecule has 5 heteroatoms. The van der Waals surface area contributed by atoms with Gasteiger partial charge in [-0.2, -0.15) is 0 Å². The Balaban J connectivity index is 2.41. The fourth-order valence-electron chi connectivity index (χ4n) is 3.49. The van der Waals surface area contributed by atoms with Gasteiger partial charge in [-0.1, -0.05) is 18.1 Å². The zero-order valence-electron chi connectivity index (χ0n) is 15.7. The summed E-state index contributed by atoms with van der Waals surface area (Å²) in [5, 5.41) is 14.6. The van der Waals surface area contributed by atoms with Crippen LogP contribution in [0.4, 0.5) is 0 Å². The molecule has 1 aromatic rings. The highest BCUT2D eigenvalue weighted by molar-refractivity contribution is 6.23. The van der Waals surface area contributed by atoms with E-state index in [1.807, 2.05) is 33.8 Å². The fraction of sp³-hybridized carbons (Fsp3) is 0.500. The molecule has 0 saturated heterocycles. The Morgan fingerprint density at radius 3 is 2.56 bits per heavy atom. The van der Waals surface area contributed by atoms with Gasteiger partial charge in [-0.15, -0.1) is 0 Å². The number of Topliss-reactive ketones (excluding diaryl/α,β-unsaturated/α-hetero) is 1. The van der Waals surface area contributed by atoms with Gasteiger partial charge in [0.1, 0.15) is 18.1 Å². The maximum atomic E-state index is 12.7. The molecule has 1 atom stereocenters. The van der Waals surface area contributed by atoms with Crippen LogP contribution < -0.4 is 4.74 Å². The second-order valence-corrected chi connectivity index (χ2v) is 6.36. The molecule has 0 aromatic heterocycles. The van der Waals surface area contributed by atoms with Gasteiger partial charge in [0.25, 0.3) is 0 Å². The number of carbonyl (C=O) groups excluding carboxylic acids is 1. The molecule has 0 spiro atoms. The van der Waals surface area contributed by atoms with Crippen LogP contribution in [-0.4, -0.2) is 30.3 Å². The summed E-state index contributed by atoms with van der Waals surface area (Å²) >= 11 is 0. The van der Waals surface area contributed by atoms with Crippen molar-refractivity contribution in [1.82, 2.24) is 0 Å². The van der Waals surface area contributed by atoms with Crippen LogP contribution in [0, 0.1) is 13.8 Å². The van der Waals surface area contributed by atoms with Crippen molar-refractivity contribution >= 4 is 11.5 Å². The summed E-state index contributed by atoms with van der Waals surface area (Å²) in [4.78, 5) is 17.8. The first-order chi connectivity index (χ1) is 11.9. The van der Waals surface area contributed by atoms with Crippen molar-refractivity contribution in [2.75, 3.05) is 13.7 Å². The summed E-state index contributed by atoms with van der Waals surface area (Å²) in [6.07, 6.45) is 1.25. The molecule has 0 fully saturated rings. The SMILES string of the molecule is CCON=C(CC)C1=C(O)CC(c2c(C)cc(C)cc2OC)CC1=O. The minimum absolute atomic E-state index is 0.0866. The Morgan fingerprint density at radius 2 is 2.00 bits per heavy atom. The van der Waals surface area contributed by atoms with E-state index < -0.39 is 0 Å². The maximum Gasteiger partial charge on any atom is 0.168 e. The number of benzene rings is 1. The smallest absolute Gasteiger partial charge is 0.168 e. The van der Waals surface area contributed by atoms with Gasteiger partial charge in [-0.3, -0.25) is 4.79 Å². The number of ether oxygens (including phenoxy) is 1. The van der Waals surface area contributed by atoms with E-state index in [1.165, 1.54) is 0 Å². The van der Waals surface area contributed by atoms with E-state index in [9.17, 15) is 9.90 Å². The lowest BCUT2D eigenvalue weighted by Crippen LogP contribution is -2.24. The molecule has 1 N–H and O–H groups in total. The van der Waals surface area contributed by atoms with Crippen LogP contribution in [0.5, 0.6) is 5.75 Å². The normalized spacial score (nSPS) is 18.5. The molecule has 5 nitrogen and oxygen atoms in total. The van der Waals surface area contributed by atoms with E-state index in [0.717, 1.165) is 22.4 Å². The largest absolute Gasteiger partial charge is 0.511 e. The maximum absolute atomic E-state index is 12.7. The number of aliphatic hydroxyl groups is 1. The third-order valence-electron chi connectivity index (χ3n) is 4.49. The minimum Gasteiger partial charge on any atom is -0.511 e. The van der Waals surface area contributed by atoms with Crippen molar-refractivity contribution in [3.63, 3.8) is 0 Å². The molecule has 2 rings (SSSR count). The topological polar surface area (TPSA) is 68.1 Å². The first-order valence-electron chi connectivity index (χ1n) is 8.72. The zero-order chi connectivity index (χ0) is 18.6. The third-order valence-corrected chi connectivity index (χ3v) is 4.49. The predicted octanol–water partition coefficient (Wildman–Crippen LogP) is 4.37. The number of allylic oxidation sites excluding steroid dienone is 2. The molecule has 0 amide bonds. The van der Waals surface area contributed by atoms with Gasteiger partial charge in [-0.25, -0.2) is 0 Å². The molecule has 1 aromatic carbocycles. The number of ketones is 1. The summed E-state index contributed by atoms with van der Waals surface area (Å²) in [6, 6.07) is 4.05. The molecule has 1 aliphatic rings. The fourth-order valence-corrected chi connectivity index (χ4v) is 3.49. The Morgan fingerprint density at radius 1 is 1.28 bits per heavy atom. The van der Waals surface area contributed by atoms with Crippen molar-refractivity contribution in [2.24, 2.45) is 5.16 Å². The second kappa shape index (κ2) is 8.19. The molecule has 0 radical (unpaired) electrons. The summed E-state index contributed by atoms with van der Waals surface area (Å²) in [7, 11) is 1.63. The number of rotatable bonds is 6. The van der Waals surface area contributed by atoms with E-state index in [4.69, 9.17) is 9.57 Å². The highest BCUT2D eigenvalue weighted by atomic mass is 16.6. The van der Waals surface area contributed by atoms with Crippen LogP contribution in [-0.2, 0) is 9.63 Å². The van der Waals surface area contributed by atoms with Crippen LogP contribution in [0.25, 0.3) is 0 Å². The van der Waals surface area contributed by atoms with E-state index in [2.05, 4.69) is 11.2 Å². The van der Waals surface area contributed by atoms with Gasteiger partial charge < -0.3 is 14.7 Å². The number of carbonyl (C=O) groups is 1. The summed E-state index contributed by atoms with van der Waals surface area (Å²) < 4.78 is 5.53. The summed E-state index contributed by atoms with van der Waals surface area (Å²) in [5.41, 5.74) is 4.00. The van der Waals surface area contributed by atoms with Gasteiger partial charge in [0.05, 0.1) is 18.4 Å². The Kier molecular flexibility index (Phi) is 6.23. The molecule has 136 valence electrons. The quantitative estimate of drug-likeness (QED) is 0.614. The first kappa shape index (κ1) is 19.0. The Labute approximate surface area is 149 Å². The molecule has 25 heavy (non-hydrogen) atoms. The molecule has 0 saturated carbocycles. The van der Waals surface area contributed by atoms with E-state index >= 15 is 0 Å². The molecule has 0 aliphatic heterocycles. The minimum atomic E-state index is -0.101. The van der Waals surface area contributed by atoms with Gasteiger partial charge in [0.15, 0.2) is 5.78 Å². The van der Waals surface area contributed by atoms with Crippen LogP contribution in [0.3, 0.4) is 0 Å². The van der Waals surface area contributed by atoms with Crippen LogP contribution in [0.1, 0.15) is 55.7 Å². The van der Waals surface area contributed by atoms with Crippen LogP contribution >= 0.6 is 0 Å². The highest BCUT2D eigenvalue weighted by Gasteiger charge is 2.33. The van der Waals surface area contributed by atoms with E-state index in [-0.39, 0.29) is 17.5 Å². The number of hydrogen-bond acceptors (Lipinski definition) is 5. The Bertz CT molecular complexity index is 719. The van der Waals surface area contributed by atoms with Crippen molar-refractivity contribution in [2.45, 2.75) is 52.9 Å². The van der Waals surface area contributed by atoms with Gasteiger partial charge in [-0.05, 0) is 44.4 Å². The first-order valence-corrected chi connectivity index (χ1v) is 8.72. The van der Waals surface area contributed by atoms with Crippen LogP contribution in [0.2, 0.25) is 0 Å². The molecular weight excluding hydrogens is 318 g/mol. The van der Waals surface area contributed by atoms with Gasteiger partial charge in [0.2, 0.25) is 0 Å². The lowest BCUT2D eigenvalue weighted by Gasteiger charge is -2.27. The molecule has 0 heterocycles. The monoisotopic (exact) mass is 345 g/mol. The number of oxime groups is 1. The number of aliphatic hydroxyl groups excluding tert-OH is 1. The molecule has 0 bridgehead atoms. The summed E-state index contributed by atoms with van der Waals surface area (Å²) in [5.74, 6) is 0.655. The second-order valence-electron chi connectivity index (χ2n) is 6.36. The predicted molar refractivity (Wildman–Crippen MR) is 98.5 cm³/mol. The number of nitrogens with zero attached hydrogens (tertiary/aromatic N) is 1. The average Bonchev–Trinajstić information content (AvgIpc) is 2.56. The van der Waals surface area contributed by atoms with E-state index in [1.54, 1.807) is 7.11 Å². The lowest BCUT2D eigenvalue weighted by molar-refractivity contribution is -0.116. The lowest BCUT2D eigenvalue weighted by atomic mass is 9.79. The van der Waals surface area contributed by atoms with Crippen molar-refractivity contribution in [1.29, 1.82) is 0 Å². The van der Waals surface area contributed by atoms with Crippen molar-refractivity contribution in [3.8, 4) is 5.75 Å².